The minimum absolute atomic E-state index is 0. The molecule has 0 unspecified atom stereocenters. The van der Waals surface area contributed by atoms with Crippen LogP contribution in [0.5, 0.6) is 0 Å². The van der Waals surface area contributed by atoms with Gasteiger partial charge in [-0.3, -0.25) is 0 Å². The maximum absolute atomic E-state index is 9.12. The van der Waals surface area contributed by atoms with E-state index in [0.29, 0.717) is 18.0 Å². The van der Waals surface area contributed by atoms with Crippen molar-refractivity contribution in [3.63, 3.8) is 0 Å². The number of aliphatic hydroxyl groups is 2. The fourth-order valence-corrected chi connectivity index (χ4v) is 0.0527. The van der Waals surface area contributed by atoms with Gasteiger partial charge in [0.15, 0.2) is 0 Å². The maximum Gasteiger partial charge on any atom is 1.00 e. The number of aliphatic carboxylic acids is 1. The summed E-state index contributed by atoms with van der Waals surface area (Å²) < 4.78 is 3.05. The van der Waals surface area contributed by atoms with Crippen LogP contribution in [0, 0.1) is 5.94 Å². The summed E-state index contributed by atoms with van der Waals surface area (Å²) >= 11 is 0.338. The first-order valence-electron chi connectivity index (χ1n) is 2.33. The van der Waals surface area contributed by atoms with Crippen molar-refractivity contribution in [3.05, 3.63) is 5.94 Å². The Morgan fingerprint density at radius 2 is 1.59 bits per heavy atom. The molecule has 0 aromatic carbocycles. The summed E-state index contributed by atoms with van der Waals surface area (Å²) in [6.07, 6.45) is 0.250. The third kappa shape index (κ3) is 152. The van der Waals surface area contributed by atoms with Gasteiger partial charge in [0.2, 0.25) is 0 Å². The smallest absolute Gasteiger partial charge is 0.713 e. The molecule has 0 aromatic rings. The molecule has 0 aliphatic rings. The van der Waals surface area contributed by atoms with Gasteiger partial charge in [0.05, 0.1) is 0 Å². The number of aliphatic hydroxyl groups excluding tert-OH is 2. The topological polar surface area (TPSA) is 144 Å². The van der Waals surface area contributed by atoms with Gasteiger partial charge in [-0.1, -0.05) is 14.9 Å². The van der Waals surface area contributed by atoms with Crippen LogP contribution in [0.25, 0.3) is 0 Å². The molecule has 3 N–H and O–H groups in total. The largest absolute Gasteiger partial charge is 1.00 e. The van der Waals surface area contributed by atoms with E-state index in [1.807, 2.05) is 0 Å². The Morgan fingerprint density at radius 3 is 1.59 bits per heavy atom. The minimum Gasteiger partial charge on any atom is -0.713 e. The van der Waals surface area contributed by atoms with Crippen LogP contribution in [0.15, 0.2) is 0 Å². The monoisotopic (exact) mass is 292 g/mol. The molecule has 94 valence electrons. The Bertz CT molecular complexity index is 140. The first kappa shape index (κ1) is 43.0. The van der Waals surface area contributed by atoms with Crippen LogP contribution in [-0.2, 0) is 18.7 Å². The van der Waals surface area contributed by atoms with Gasteiger partial charge in [-0.25, -0.2) is 4.79 Å². The van der Waals surface area contributed by atoms with E-state index in [0.717, 1.165) is 0 Å². The second kappa shape index (κ2) is 53.6. The van der Waals surface area contributed by atoms with Crippen molar-refractivity contribution in [2.75, 3.05) is 6.61 Å². The predicted molar refractivity (Wildman–Crippen MR) is 48.1 cm³/mol. The summed E-state index contributed by atoms with van der Waals surface area (Å²) in [7, 11) is 0. The second-order valence-corrected chi connectivity index (χ2v) is 1.44. The SMILES string of the molecule is C.C.O=C(O)CO.O=C=O.[Na+].[Na+].[O-]OS[CH-]O. The molecule has 0 rings (SSSR count). The first-order valence-corrected chi connectivity index (χ1v) is 3.14. The standard InChI is InChI=1S/C2H4O3.CH3O3S.CO2.2CH4.2Na/c3-1-2(4)5;2-1-5-4-3;2-1-3;;;;/h3H,1H2,(H,4,5);1-3H;;2*1H4;;/q;-1;;;;2*+1/p-1. The maximum atomic E-state index is 9.12. The molecule has 0 aliphatic carbocycles. The van der Waals surface area contributed by atoms with Crippen LogP contribution in [0.1, 0.15) is 14.9 Å². The Labute approximate surface area is 148 Å². The van der Waals surface area contributed by atoms with E-state index in [2.05, 4.69) is 4.33 Å². The van der Waals surface area contributed by atoms with E-state index in [4.69, 9.17) is 35.0 Å². The van der Waals surface area contributed by atoms with Crippen molar-refractivity contribution in [2.24, 2.45) is 0 Å². The number of carboxylic acids is 1. The zero-order valence-corrected chi connectivity index (χ0v) is 12.9. The van der Waals surface area contributed by atoms with Crippen LogP contribution < -0.4 is 64.4 Å². The Hall–Kier alpha value is 1.04. The number of rotatable bonds is 3. The molecule has 0 saturated carbocycles. The fraction of sp³-hybridized carbons (Fsp3) is 0.500. The second-order valence-electron chi connectivity index (χ2n) is 0.905. The van der Waals surface area contributed by atoms with E-state index in [-0.39, 0.29) is 80.1 Å². The zero-order valence-electron chi connectivity index (χ0n) is 8.08. The molecule has 0 atom stereocenters. The van der Waals surface area contributed by atoms with Gasteiger partial charge in [0.1, 0.15) is 6.61 Å². The number of hydrogen-bond donors (Lipinski definition) is 3. The van der Waals surface area contributed by atoms with Crippen LogP contribution >= 0.6 is 12.0 Å². The van der Waals surface area contributed by atoms with Crippen LogP contribution in [0.3, 0.4) is 0 Å². The molecule has 0 spiro atoms. The molecular formula is C6H14Na2O8S. The van der Waals surface area contributed by atoms with Gasteiger partial charge in [-0.2, -0.15) is 21.6 Å². The molecule has 0 saturated heterocycles. The number of carbonyl (C=O) groups is 1. The van der Waals surface area contributed by atoms with Crippen LogP contribution in [0.4, 0.5) is 0 Å². The van der Waals surface area contributed by atoms with Crippen molar-refractivity contribution in [1.82, 2.24) is 0 Å². The van der Waals surface area contributed by atoms with Gasteiger partial charge in [0.25, 0.3) is 0 Å². The van der Waals surface area contributed by atoms with Crippen molar-refractivity contribution in [3.8, 4) is 0 Å². The molecule has 17 heavy (non-hydrogen) atoms. The van der Waals surface area contributed by atoms with Crippen molar-refractivity contribution in [2.45, 2.75) is 14.9 Å². The number of carboxylic acid groups (broad SMARTS) is 1. The van der Waals surface area contributed by atoms with Gasteiger partial charge < -0.3 is 24.9 Å². The Kier molecular flexibility index (Phi) is 136. The quantitative estimate of drug-likeness (QED) is 0.152. The Balaban J connectivity index is -0.0000000162. The minimum atomic E-state index is -1.19. The average molecular weight is 292 g/mol. The van der Waals surface area contributed by atoms with Gasteiger partial charge in [-0.05, 0) is 0 Å². The molecule has 0 amide bonds. The molecule has 0 radical (unpaired) electrons. The van der Waals surface area contributed by atoms with E-state index in [1.54, 1.807) is 0 Å². The normalized spacial score (nSPS) is 5.12. The predicted octanol–water partition coefficient (Wildman–Crippen LogP) is -6.82. The molecule has 8 nitrogen and oxygen atoms in total. The molecule has 0 fully saturated rings. The third-order valence-corrected chi connectivity index (χ3v) is 0.382. The van der Waals surface area contributed by atoms with E-state index in [1.165, 1.54) is 0 Å². The summed E-state index contributed by atoms with van der Waals surface area (Å²) in [5.74, 6) is -0.627. The molecule has 0 aliphatic heterocycles. The number of hydrogen-bond acceptors (Lipinski definition) is 8. The van der Waals surface area contributed by atoms with E-state index >= 15 is 0 Å². The van der Waals surface area contributed by atoms with E-state index in [9.17, 15) is 0 Å². The molecule has 0 bridgehead atoms. The molecular weight excluding hydrogens is 278 g/mol. The summed E-state index contributed by atoms with van der Waals surface area (Å²) in [5, 5.41) is 31.4. The van der Waals surface area contributed by atoms with Crippen molar-refractivity contribution < 1.29 is 98.4 Å². The summed E-state index contributed by atoms with van der Waals surface area (Å²) in [5.41, 5.74) is 0. The van der Waals surface area contributed by atoms with Crippen molar-refractivity contribution >= 4 is 24.2 Å². The number of carbonyl (C=O) groups excluding carboxylic acids is 2. The average Bonchev–Trinajstić information content (AvgIpc) is 2.08. The summed E-state index contributed by atoms with van der Waals surface area (Å²) in [6, 6.07) is 0. The van der Waals surface area contributed by atoms with Crippen LogP contribution in [-0.4, -0.2) is 34.0 Å². The zero-order chi connectivity index (χ0) is 11.1. The first-order chi connectivity index (χ1) is 6.10. The molecule has 0 aromatic heterocycles. The van der Waals surface area contributed by atoms with E-state index < -0.39 is 12.6 Å². The fourth-order valence-electron chi connectivity index (χ4n) is 0.0176. The van der Waals surface area contributed by atoms with Gasteiger partial charge >= 0.3 is 71.2 Å². The van der Waals surface area contributed by atoms with Gasteiger partial charge in [0, 0.05) is 0 Å². The molecule has 0 heterocycles. The third-order valence-electron chi connectivity index (χ3n) is 0.218. The summed E-state index contributed by atoms with van der Waals surface area (Å²) in [6.45, 7) is -0.778. The Morgan fingerprint density at radius 1 is 1.35 bits per heavy atom. The van der Waals surface area contributed by atoms with Gasteiger partial charge in [-0.15, -0.1) is 5.94 Å². The van der Waals surface area contributed by atoms with Crippen LogP contribution in [0.2, 0.25) is 0 Å². The molecule has 11 heteroatoms. The summed E-state index contributed by atoms with van der Waals surface area (Å²) in [4.78, 5) is 25.4. The van der Waals surface area contributed by atoms with Crippen molar-refractivity contribution in [1.29, 1.82) is 0 Å².